The van der Waals surface area contributed by atoms with Crippen LogP contribution in [-0.2, 0) is 0 Å². The van der Waals surface area contributed by atoms with Crippen molar-refractivity contribution in [3.05, 3.63) is 12.2 Å². The second-order valence-corrected chi connectivity index (χ2v) is 2.97. The van der Waals surface area contributed by atoms with Crippen molar-refractivity contribution in [1.82, 2.24) is 0 Å². The van der Waals surface area contributed by atoms with E-state index < -0.39 is 5.60 Å². The van der Waals surface area contributed by atoms with Crippen LogP contribution >= 0.6 is 0 Å². The van der Waals surface area contributed by atoms with E-state index in [-0.39, 0.29) is 5.92 Å². The molecule has 0 saturated carbocycles. The van der Waals surface area contributed by atoms with Crippen LogP contribution in [0.1, 0.15) is 27.7 Å². The summed E-state index contributed by atoms with van der Waals surface area (Å²) in [4.78, 5) is 0. The van der Waals surface area contributed by atoms with Crippen molar-refractivity contribution in [2.75, 3.05) is 0 Å². The van der Waals surface area contributed by atoms with Crippen molar-refractivity contribution < 1.29 is 5.11 Å². The Labute approximate surface area is 57.4 Å². The summed E-state index contributed by atoms with van der Waals surface area (Å²) in [6.07, 6.45) is 3.96. The van der Waals surface area contributed by atoms with Gasteiger partial charge in [-0.3, -0.25) is 0 Å². The average Bonchev–Trinajstić information content (AvgIpc) is 1.64. The summed E-state index contributed by atoms with van der Waals surface area (Å²) in [5.41, 5.74) is -0.577. The van der Waals surface area contributed by atoms with E-state index in [0.29, 0.717) is 0 Å². The minimum Gasteiger partial charge on any atom is -0.390 e. The van der Waals surface area contributed by atoms with E-state index in [4.69, 9.17) is 0 Å². The number of hydrogen-bond donors (Lipinski definition) is 1. The highest BCUT2D eigenvalue weighted by Crippen LogP contribution is 2.16. The molecule has 0 radical (unpaired) electrons. The third-order valence-corrected chi connectivity index (χ3v) is 1.60. The summed E-state index contributed by atoms with van der Waals surface area (Å²) < 4.78 is 0. The molecule has 0 spiro atoms. The number of rotatable bonds is 2. The highest BCUT2D eigenvalue weighted by Gasteiger charge is 2.18. The predicted molar refractivity (Wildman–Crippen MR) is 40.3 cm³/mol. The van der Waals surface area contributed by atoms with Gasteiger partial charge in [-0.1, -0.05) is 19.1 Å². The molecule has 1 N–H and O–H groups in total. The van der Waals surface area contributed by atoms with Gasteiger partial charge in [0.2, 0.25) is 0 Å². The molecule has 1 heteroatoms. The van der Waals surface area contributed by atoms with E-state index in [1.54, 1.807) is 0 Å². The fraction of sp³-hybridized carbons (Fsp3) is 0.750. The van der Waals surface area contributed by atoms with E-state index in [9.17, 15) is 5.11 Å². The number of aliphatic hydroxyl groups is 1. The van der Waals surface area contributed by atoms with E-state index >= 15 is 0 Å². The molecule has 0 aliphatic carbocycles. The van der Waals surface area contributed by atoms with Gasteiger partial charge in [0, 0.05) is 5.92 Å². The van der Waals surface area contributed by atoms with Crippen LogP contribution in [0.4, 0.5) is 0 Å². The molecule has 0 heterocycles. The first-order valence-corrected chi connectivity index (χ1v) is 3.33. The second kappa shape index (κ2) is 3.02. The Balaban J connectivity index is 3.88. The Bertz CT molecular complexity index is 97.6. The van der Waals surface area contributed by atoms with Crippen LogP contribution < -0.4 is 0 Å². The first kappa shape index (κ1) is 8.70. The van der Waals surface area contributed by atoms with Crippen LogP contribution in [0.3, 0.4) is 0 Å². The van der Waals surface area contributed by atoms with Crippen molar-refractivity contribution >= 4 is 0 Å². The van der Waals surface area contributed by atoms with Gasteiger partial charge in [-0.25, -0.2) is 0 Å². The lowest BCUT2D eigenvalue weighted by Crippen LogP contribution is -2.26. The molecular weight excluding hydrogens is 112 g/mol. The van der Waals surface area contributed by atoms with Gasteiger partial charge in [-0.2, -0.15) is 0 Å². The topological polar surface area (TPSA) is 20.2 Å². The summed E-state index contributed by atoms with van der Waals surface area (Å²) in [6.45, 7) is 7.59. The maximum absolute atomic E-state index is 9.37. The standard InChI is InChI=1S/C8H16O/c1-5-6-7(2)8(3,4)9/h5-7,9H,1-4H3/b6-5+. The molecule has 0 aliphatic heterocycles. The normalized spacial score (nSPS) is 16.6. The molecule has 0 fully saturated rings. The molecule has 1 unspecified atom stereocenters. The third kappa shape index (κ3) is 3.31. The van der Waals surface area contributed by atoms with Gasteiger partial charge in [0.05, 0.1) is 5.60 Å². The van der Waals surface area contributed by atoms with Crippen LogP contribution in [0.15, 0.2) is 12.2 Å². The summed E-state index contributed by atoms with van der Waals surface area (Å²) in [6, 6.07) is 0. The molecule has 0 rings (SSSR count). The highest BCUT2D eigenvalue weighted by atomic mass is 16.3. The van der Waals surface area contributed by atoms with Crippen molar-refractivity contribution in [2.45, 2.75) is 33.3 Å². The Morgan fingerprint density at radius 3 is 2.00 bits per heavy atom. The van der Waals surface area contributed by atoms with E-state index in [1.165, 1.54) is 0 Å². The third-order valence-electron chi connectivity index (χ3n) is 1.60. The molecule has 54 valence electrons. The van der Waals surface area contributed by atoms with Crippen molar-refractivity contribution in [2.24, 2.45) is 5.92 Å². The Kier molecular flexibility index (Phi) is 2.92. The monoisotopic (exact) mass is 128 g/mol. The lowest BCUT2D eigenvalue weighted by Gasteiger charge is -2.22. The molecule has 0 aliphatic rings. The zero-order chi connectivity index (χ0) is 7.49. The Morgan fingerprint density at radius 2 is 1.89 bits per heavy atom. The molecule has 1 atom stereocenters. The minimum atomic E-state index is -0.577. The largest absolute Gasteiger partial charge is 0.390 e. The number of allylic oxidation sites excluding steroid dienone is 1. The number of hydrogen-bond acceptors (Lipinski definition) is 1. The van der Waals surface area contributed by atoms with Crippen LogP contribution in [0.25, 0.3) is 0 Å². The zero-order valence-corrected chi connectivity index (χ0v) is 6.68. The summed E-state index contributed by atoms with van der Waals surface area (Å²) in [5, 5.41) is 9.37. The molecule has 0 aromatic rings. The lowest BCUT2D eigenvalue weighted by molar-refractivity contribution is 0.0440. The Morgan fingerprint density at radius 1 is 1.44 bits per heavy atom. The van der Waals surface area contributed by atoms with Crippen molar-refractivity contribution in [3.8, 4) is 0 Å². The van der Waals surface area contributed by atoms with E-state index in [1.807, 2.05) is 39.8 Å². The predicted octanol–water partition coefficient (Wildman–Crippen LogP) is 1.97. The van der Waals surface area contributed by atoms with E-state index in [0.717, 1.165) is 0 Å². The molecule has 0 bridgehead atoms. The highest BCUT2D eigenvalue weighted by molar-refractivity contribution is 4.91. The van der Waals surface area contributed by atoms with Gasteiger partial charge in [0.25, 0.3) is 0 Å². The van der Waals surface area contributed by atoms with Crippen LogP contribution in [-0.4, -0.2) is 10.7 Å². The summed E-state index contributed by atoms with van der Waals surface area (Å²) >= 11 is 0. The molecule has 0 saturated heterocycles. The molecule has 1 nitrogen and oxygen atoms in total. The van der Waals surface area contributed by atoms with Crippen molar-refractivity contribution in [1.29, 1.82) is 0 Å². The molecule has 0 amide bonds. The van der Waals surface area contributed by atoms with Gasteiger partial charge < -0.3 is 5.11 Å². The van der Waals surface area contributed by atoms with Gasteiger partial charge in [-0.15, -0.1) is 0 Å². The SMILES string of the molecule is C/C=C/C(C)C(C)(C)O. The van der Waals surface area contributed by atoms with Gasteiger partial charge in [0.1, 0.15) is 0 Å². The minimum absolute atomic E-state index is 0.238. The first-order chi connectivity index (χ1) is 3.98. The average molecular weight is 128 g/mol. The fourth-order valence-corrected chi connectivity index (χ4v) is 0.524. The van der Waals surface area contributed by atoms with Crippen molar-refractivity contribution in [3.63, 3.8) is 0 Å². The summed E-state index contributed by atoms with van der Waals surface area (Å²) in [5.74, 6) is 0.238. The fourth-order valence-electron chi connectivity index (χ4n) is 0.524. The van der Waals surface area contributed by atoms with Gasteiger partial charge in [0.15, 0.2) is 0 Å². The smallest absolute Gasteiger partial charge is 0.0651 e. The quantitative estimate of drug-likeness (QED) is 0.564. The maximum atomic E-state index is 9.37. The van der Waals surface area contributed by atoms with Gasteiger partial charge >= 0.3 is 0 Å². The molecule has 9 heavy (non-hydrogen) atoms. The lowest BCUT2D eigenvalue weighted by atomic mass is 9.93. The van der Waals surface area contributed by atoms with Crippen LogP contribution in [0.2, 0.25) is 0 Å². The first-order valence-electron chi connectivity index (χ1n) is 3.33. The molecule has 0 aromatic heterocycles. The van der Waals surface area contributed by atoms with E-state index in [2.05, 4.69) is 0 Å². The zero-order valence-electron chi connectivity index (χ0n) is 6.68. The molecular formula is C8H16O. The Hall–Kier alpha value is -0.300. The maximum Gasteiger partial charge on any atom is 0.0651 e. The summed E-state index contributed by atoms with van der Waals surface area (Å²) in [7, 11) is 0. The van der Waals surface area contributed by atoms with Crippen LogP contribution in [0, 0.1) is 5.92 Å². The molecule has 0 aromatic carbocycles. The van der Waals surface area contributed by atoms with Gasteiger partial charge in [-0.05, 0) is 20.8 Å². The second-order valence-electron chi connectivity index (χ2n) is 2.97. The van der Waals surface area contributed by atoms with Crippen LogP contribution in [0.5, 0.6) is 0 Å².